The summed E-state index contributed by atoms with van der Waals surface area (Å²) in [7, 11) is 0. The average molecular weight is 262 g/mol. The van der Waals surface area contributed by atoms with E-state index in [0.29, 0.717) is 11.5 Å². The van der Waals surface area contributed by atoms with E-state index in [1.165, 1.54) is 0 Å². The summed E-state index contributed by atoms with van der Waals surface area (Å²) in [6.07, 6.45) is 1.82. The van der Waals surface area contributed by atoms with Crippen LogP contribution in [0.1, 0.15) is 16.7 Å². The van der Waals surface area contributed by atoms with Gasteiger partial charge in [-0.1, -0.05) is 54.6 Å². The number of nitrogens with one attached hydrogen (secondary N) is 1. The summed E-state index contributed by atoms with van der Waals surface area (Å²) in [5, 5.41) is 2.80. The monoisotopic (exact) mass is 262 g/mol. The molecule has 0 atom stereocenters. The lowest BCUT2D eigenvalue weighted by Crippen LogP contribution is -2.24. The van der Waals surface area contributed by atoms with Crippen LogP contribution < -0.4 is 5.32 Å². The maximum atomic E-state index is 12.0. The van der Waals surface area contributed by atoms with Crippen molar-refractivity contribution in [3.63, 3.8) is 0 Å². The van der Waals surface area contributed by atoms with Gasteiger partial charge >= 0.3 is 0 Å². The molecular formula is C17H14N2O. The molecule has 0 bridgehead atoms. The average Bonchev–Trinajstić information content (AvgIpc) is 2.84. The number of nitrogens with zero attached hydrogens (tertiary/aromatic N) is 1. The van der Waals surface area contributed by atoms with Crippen LogP contribution in [-0.2, 0) is 4.79 Å². The molecule has 0 fully saturated rings. The van der Waals surface area contributed by atoms with Crippen molar-refractivity contribution in [2.75, 3.05) is 0 Å². The second-order valence-electron chi connectivity index (χ2n) is 4.67. The third kappa shape index (κ3) is 2.38. The topological polar surface area (TPSA) is 41.5 Å². The zero-order chi connectivity index (χ0) is 13.9. The molecule has 1 amide bonds. The van der Waals surface area contributed by atoms with Crippen molar-refractivity contribution in [1.29, 1.82) is 0 Å². The van der Waals surface area contributed by atoms with Gasteiger partial charge in [0.1, 0.15) is 11.5 Å². The fourth-order valence-corrected chi connectivity index (χ4v) is 2.10. The standard InChI is InChI=1S/C17H14N2O/c1-12-7-5-6-10-14(12)11-15-17(20)19-16(18-15)13-8-3-2-4-9-13/h2-11H,1H3,(H,18,19,20)/b15-11-. The summed E-state index contributed by atoms with van der Waals surface area (Å²) < 4.78 is 0. The molecule has 98 valence electrons. The second-order valence-corrected chi connectivity index (χ2v) is 4.67. The maximum absolute atomic E-state index is 12.0. The second kappa shape index (κ2) is 5.13. The van der Waals surface area contributed by atoms with Gasteiger partial charge in [-0.2, -0.15) is 0 Å². The highest BCUT2D eigenvalue weighted by atomic mass is 16.2. The molecule has 0 radical (unpaired) electrons. The quantitative estimate of drug-likeness (QED) is 0.831. The first-order valence-electron chi connectivity index (χ1n) is 6.47. The Morgan fingerprint density at radius 3 is 2.45 bits per heavy atom. The number of aliphatic imine (C=N–C) groups is 1. The lowest BCUT2D eigenvalue weighted by Gasteiger charge is -1.99. The van der Waals surface area contributed by atoms with Gasteiger partial charge < -0.3 is 5.32 Å². The molecule has 20 heavy (non-hydrogen) atoms. The molecule has 0 aliphatic carbocycles. The zero-order valence-electron chi connectivity index (χ0n) is 11.1. The maximum Gasteiger partial charge on any atom is 0.275 e. The highest BCUT2D eigenvalue weighted by Gasteiger charge is 2.20. The van der Waals surface area contributed by atoms with Crippen molar-refractivity contribution in [2.45, 2.75) is 6.92 Å². The molecule has 0 spiro atoms. The van der Waals surface area contributed by atoms with Crippen LogP contribution in [0.15, 0.2) is 65.3 Å². The summed E-state index contributed by atoms with van der Waals surface area (Å²) in [4.78, 5) is 16.4. The zero-order valence-corrected chi connectivity index (χ0v) is 11.1. The molecule has 1 aliphatic heterocycles. The van der Waals surface area contributed by atoms with Crippen molar-refractivity contribution in [1.82, 2.24) is 5.32 Å². The number of rotatable bonds is 2. The first kappa shape index (κ1) is 12.4. The third-order valence-electron chi connectivity index (χ3n) is 3.22. The van der Waals surface area contributed by atoms with E-state index < -0.39 is 0 Å². The van der Waals surface area contributed by atoms with Gasteiger partial charge in [-0.15, -0.1) is 0 Å². The number of hydrogen-bond acceptors (Lipinski definition) is 2. The van der Waals surface area contributed by atoms with Crippen LogP contribution >= 0.6 is 0 Å². The van der Waals surface area contributed by atoms with Crippen molar-refractivity contribution in [2.24, 2.45) is 4.99 Å². The molecular weight excluding hydrogens is 248 g/mol. The van der Waals surface area contributed by atoms with Crippen molar-refractivity contribution >= 4 is 17.8 Å². The largest absolute Gasteiger partial charge is 0.305 e. The van der Waals surface area contributed by atoms with Crippen molar-refractivity contribution in [3.8, 4) is 0 Å². The molecule has 3 rings (SSSR count). The van der Waals surface area contributed by atoms with Crippen LogP contribution in [0.5, 0.6) is 0 Å². The molecule has 2 aromatic carbocycles. The van der Waals surface area contributed by atoms with E-state index in [9.17, 15) is 4.79 Å². The highest BCUT2D eigenvalue weighted by Crippen LogP contribution is 2.17. The molecule has 0 saturated carbocycles. The van der Waals surface area contributed by atoms with E-state index in [1.807, 2.05) is 67.6 Å². The lowest BCUT2D eigenvalue weighted by atomic mass is 10.1. The Morgan fingerprint density at radius 2 is 1.70 bits per heavy atom. The summed E-state index contributed by atoms with van der Waals surface area (Å²) in [5.74, 6) is 0.447. The summed E-state index contributed by atoms with van der Waals surface area (Å²) in [5.41, 5.74) is 3.49. The number of carbonyl (C=O) groups is 1. The van der Waals surface area contributed by atoms with Crippen LogP contribution in [0, 0.1) is 6.92 Å². The molecule has 3 nitrogen and oxygen atoms in total. The van der Waals surface area contributed by atoms with Gasteiger partial charge in [-0.25, -0.2) is 4.99 Å². The molecule has 2 aromatic rings. The van der Waals surface area contributed by atoms with Crippen LogP contribution in [0.4, 0.5) is 0 Å². The number of aryl methyl sites for hydroxylation is 1. The van der Waals surface area contributed by atoms with E-state index in [1.54, 1.807) is 0 Å². The molecule has 0 unspecified atom stereocenters. The molecule has 1 N–H and O–H groups in total. The SMILES string of the molecule is Cc1ccccc1/C=C1\N=C(c2ccccc2)NC1=O. The van der Waals surface area contributed by atoms with Gasteiger partial charge in [-0.05, 0) is 24.1 Å². The highest BCUT2D eigenvalue weighted by molar-refractivity contribution is 6.19. The van der Waals surface area contributed by atoms with Crippen LogP contribution in [-0.4, -0.2) is 11.7 Å². The molecule has 1 heterocycles. The minimum Gasteiger partial charge on any atom is -0.305 e. The Balaban J connectivity index is 1.97. The Labute approximate surface area is 117 Å². The van der Waals surface area contributed by atoms with Gasteiger partial charge in [0.2, 0.25) is 0 Å². The van der Waals surface area contributed by atoms with Crippen molar-refractivity contribution < 1.29 is 4.79 Å². The van der Waals surface area contributed by atoms with E-state index in [-0.39, 0.29) is 5.91 Å². The number of hydrogen-bond donors (Lipinski definition) is 1. The van der Waals surface area contributed by atoms with E-state index in [4.69, 9.17) is 0 Å². The predicted octanol–water partition coefficient (Wildman–Crippen LogP) is 2.91. The van der Waals surface area contributed by atoms with Crippen molar-refractivity contribution in [3.05, 3.63) is 77.0 Å². The number of benzene rings is 2. The van der Waals surface area contributed by atoms with E-state index >= 15 is 0 Å². The Hall–Kier alpha value is -2.68. The number of amidine groups is 1. The summed E-state index contributed by atoms with van der Waals surface area (Å²) in [6, 6.07) is 17.6. The molecule has 0 saturated heterocycles. The van der Waals surface area contributed by atoms with Gasteiger partial charge in [-0.3, -0.25) is 4.79 Å². The minimum atomic E-state index is -0.160. The first-order valence-corrected chi connectivity index (χ1v) is 6.47. The first-order chi connectivity index (χ1) is 9.74. The summed E-state index contributed by atoms with van der Waals surface area (Å²) in [6.45, 7) is 2.01. The van der Waals surface area contributed by atoms with E-state index in [0.717, 1.165) is 16.7 Å². The van der Waals surface area contributed by atoms with E-state index in [2.05, 4.69) is 10.3 Å². The Bertz CT molecular complexity index is 715. The van der Waals surface area contributed by atoms with Crippen LogP contribution in [0.3, 0.4) is 0 Å². The lowest BCUT2D eigenvalue weighted by molar-refractivity contribution is -0.115. The minimum absolute atomic E-state index is 0.160. The summed E-state index contributed by atoms with van der Waals surface area (Å²) >= 11 is 0. The third-order valence-corrected chi connectivity index (χ3v) is 3.22. The number of carbonyl (C=O) groups excluding carboxylic acids is 1. The van der Waals surface area contributed by atoms with Crippen LogP contribution in [0.2, 0.25) is 0 Å². The van der Waals surface area contributed by atoms with Gasteiger partial charge in [0.15, 0.2) is 0 Å². The van der Waals surface area contributed by atoms with Crippen LogP contribution in [0.25, 0.3) is 6.08 Å². The Kier molecular flexibility index (Phi) is 3.17. The predicted molar refractivity (Wildman–Crippen MR) is 80.3 cm³/mol. The van der Waals surface area contributed by atoms with Gasteiger partial charge in [0.05, 0.1) is 0 Å². The van der Waals surface area contributed by atoms with Gasteiger partial charge in [0.25, 0.3) is 5.91 Å². The number of amides is 1. The van der Waals surface area contributed by atoms with Gasteiger partial charge in [0, 0.05) is 5.56 Å². The molecule has 1 aliphatic rings. The molecule has 0 aromatic heterocycles. The smallest absolute Gasteiger partial charge is 0.275 e. The normalized spacial score (nSPS) is 16.1. The Morgan fingerprint density at radius 1 is 1.00 bits per heavy atom. The molecule has 3 heteroatoms. The fraction of sp³-hybridized carbons (Fsp3) is 0.0588. The fourth-order valence-electron chi connectivity index (χ4n) is 2.10.